The highest BCUT2D eigenvalue weighted by Gasteiger charge is 2.05. The second-order valence-electron chi connectivity index (χ2n) is 4.52. The van der Waals surface area contributed by atoms with Crippen LogP contribution >= 0.6 is 0 Å². The average molecular weight is 220 g/mol. The summed E-state index contributed by atoms with van der Waals surface area (Å²) in [6, 6.07) is 9.19. The van der Waals surface area contributed by atoms with Crippen LogP contribution in [0.25, 0.3) is 0 Å². The Morgan fingerprint density at radius 1 is 1.19 bits per heavy atom. The normalized spacial score (nSPS) is 11.1. The Labute approximate surface area is 99.7 Å². The van der Waals surface area contributed by atoms with Crippen molar-refractivity contribution in [2.45, 2.75) is 33.7 Å². The summed E-state index contributed by atoms with van der Waals surface area (Å²) in [6.07, 6.45) is 0. The molecular formula is C14H24N2. The van der Waals surface area contributed by atoms with E-state index in [0.29, 0.717) is 6.04 Å². The number of nitrogens with zero attached hydrogens (tertiary/aromatic N) is 1. The summed E-state index contributed by atoms with van der Waals surface area (Å²) in [5, 5.41) is 3.45. The molecule has 16 heavy (non-hydrogen) atoms. The third-order valence-electron chi connectivity index (χ3n) is 2.92. The smallest absolute Gasteiger partial charge is 0.0340 e. The summed E-state index contributed by atoms with van der Waals surface area (Å²) >= 11 is 0. The summed E-state index contributed by atoms with van der Waals surface area (Å²) in [7, 11) is 0. The molecule has 0 atom stereocenters. The molecule has 0 spiro atoms. The van der Waals surface area contributed by atoms with Gasteiger partial charge in [-0.3, -0.25) is 4.90 Å². The Balaban J connectivity index is 2.32. The van der Waals surface area contributed by atoms with Crippen molar-refractivity contribution < 1.29 is 0 Å². The topological polar surface area (TPSA) is 15.3 Å². The number of aryl methyl sites for hydroxylation is 1. The summed E-state index contributed by atoms with van der Waals surface area (Å²) < 4.78 is 0. The fourth-order valence-corrected chi connectivity index (χ4v) is 1.80. The van der Waals surface area contributed by atoms with Crippen molar-refractivity contribution in [1.29, 1.82) is 0 Å². The first kappa shape index (κ1) is 13.0. The molecule has 0 bridgehead atoms. The maximum absolute atomic E-state index is 3.45. The van der Waals surface area contributed by atoms with Crippen LogP contribution in [0, 0.1) is 6.92 Å². The molecule has 0 aliphatic rings. The fourth-order valence-electron chi connectivity index (χ4n) is 1.80. The van der Waals surface area contributed by atoms with E-state index < -0.39 is 0 Å². The summed E-state index contributed by atoms with van der Waals surface area (Å²) in [6.45, 7) is 12.0. The van der Waals surface area contributed by atoms with E-state index in [9.17, 15) is 0 Å². The Kier molecular flexibility index (Phi) is 5.33. The average Bonchev–Trinajstić information content (AvgIpc) is 2.26. The van der Waals surface area contributed by atoms with Gasteiger partial charge < -0.3 is 5.32 Å². The fraction of sp³-hybridized carbons (Fsp3) is 0.571. The molecule has 0 aliphatic heterocycles. The van der Waals surface area contributed by atoms with Crippen LogP contribution in [0.1, 0.15) is 26.3 Å². The lowest BCUT2D eigenvalue weighted by atomic mass is 10.2. The van der Waals surface area contributed by atoms with Crippen LogP contribution in [0.4, 0.5) is 5.69 Å². The van der Waals surface area contributed by atoms with Crippen molar-refractivity contribution in [3.05, 3.63) is 29.8 Å². The zero-order chi connectivity index (χ0) is 12.0. The molecule has 0 saturated carbocycles. The molecule has 0 heterocycles. The van der Waals surface area contributed by atoms with Gasteiger partial charge in [0.25, 0.3) is 0 Å². The molecular weight excluding hydrogens is 196 g/mol. The van der Waals surface area contributed by atoms with Gasteiger partial charge in [-0.1, -0.05) is 24.6 Å². The third kappa shape index (κ3) is 4.23. The van der Waals surface area contributed by atoms with Crippen LogP contribution in [0.5, 0.6) is 0 Å². The van der Waals surface area contributed by atoms with E-state index in [2.05, 4.69) is 62.2 Å². The zero-order valence-electron chi connectivity index (χ0n) is 11.0. The molecule has 0 unspecified atom stereocenters. The molecule has 1 aromatic carbocycles. The second kappa shape index (κ2) is 6.54. The van der Waals surface area contributed by atoms with E-state index >= 15 is 0 Å². The van der Waals surface area contributed by atoms with E-state index in [0.717, 1.165) is 19.6 Å². The van der Waals surface area contributed by atoms with Crippen molar-refractivity contribution in [2.24, 2.45) is 0 Å². The minimum atomic E-state index is 0.629. The first-order chi connectivity index (χ1) is 7.63. The van der Waals surface area contributed by atoms with Crippen LogP contribution in [0.15, 0.2) is 24.3 Å². The van der Waals surface area contributed by atoms with E-state index in [4.69, 9.17) is 0 Å². The minimum absolute atomic E-state index is 0.629. The van der Waals surface area contributed by atoms with Crippen LogP contribution in [-0.4, -0.2) is 30.6 Å². The van der Waals surface area contributed by atoms with Crippen molar-refractivity contribution in [3.63, 3.8) is 0 Å². The molecule has 0 fully saturated rings. The number of hydrogen-bond acceptors (Lipinski definition) is 2. The van der Waals surface area contributed by atoms with E-state index in [-0.39, 0.29) is 0 Å². The lowest BCUT2D eigenvalue weighted by molar-refractivity contribution is 0.243. The minimum Gasteiger partial charge on any atom is -0.384 e. The first-order valence-corrected chi connectivity index (χ1v) is 6.18. The van der Waals surface area contributed by atoms with Crippen molar-refractivity contribution in [2.75, 3.05) is 25.0 Å². The van der Waals surface area contributed by atoms with E-state index in [1.807, 2.05) is 0 Å². The standard InChI is InChI=1S/C14H24N2/c1-5-16(12(2)3)11-10-15-14-8-6-13(4)7-9-14/h6-9,12,15H,5,10-11H2,1-4H3. The summed E-state index contributed by atoms with van der Waals surface area (Å²) in [5.74, 6) is 0. The maximum Gasteiger partial charge on any atom is 0.0340 e. The number of anilines is 1. The van der Waals surface area contributed by atoms with Crippen LogP contribution < -0.4 is 5.32 Å². The van der Waals surface area contributed by atoms with Gasteiger partial charge in [-0.25, -0.2) is 0 Å². The highest BCUT2D eigenvalue weighted by atomic mass is 15.2. The van der Waals surface area contributed by atoms with Gasteiger partial charge in [0.05, 0.1) is 0 Å². The van der Waals surface area contributed by atoms with Crippen molar-refractivity contribution in [1.82, 2.24) is 4.90 Å². The Morgan fingerprint density at radius 3 is 2.31 bits per heavy atom. The number of likely N-dealkylation sites (N-methyl/N-ethyl adjacent to an activating group) is 1. The van der Waals surface area contributed by atoms with E-state index in [1.54, 1.807) is 0 Å². The Bertz CT molecular complexity index is 290. The predicted molar refractivity (Wildman–Crippen MR) is 72.1 cm³/mol. The highest BCUT2D eigenvalue weighted by Crippen LogP contribution is 2.08. The van der Waals surface area contributed by atoms with Crippen LogP contribution in [0.2, 0.25) is 0 Å². The molecule has 0 saturated heterocycles. The van der Waals surface area contributed by atoms with Gasteiger partial charge >= 0.3 is 0 Å². The summed E-state index contributed by atoms with van der Waals surface area (Å²) in [4.78, 5) is 2.46. The van der Waals surface area contributed by atoms with Gasteiger partial charge in [-0.05, 0) is 39.4 Å². The lowest BCUT2D eigenvalue weighted by Crippen LogP contribution is -2.34. The van der Waals surface area contributed by atoms with Gasteiger partial charge in [-0.2, -0.15) is 0 Å². The van der Waals surface area contributed by atoms with Gasteiger partial charge in [0.2, 0.25) is 0 Å². The molecule has 2 nitrogen and oxygen atoms in total. The molecule has 0 aliphatic carbocycles. The maximum atomic E-state index is 3.45. The Hall–Kier alpha value is -1.02. The number of rotatable bonds is 6. The van der Waals surface area contributed by atoms with Gasteiger partial charge in [-0.15, -0.1) is 0 Å². The molecule has 1 rings (SSSR count). The van der Waals surface area contributed by atoms with Gasteiger partial charge in [0.1, 0.15) is 0 Å². The van der Waals surface area contributed by atoms with Gasteiger partial charge in [0.15, 0.2) is 0 Å². The number of hydrogen-bond donors (Lipinski definition) is 1. The zero-order valence-corrected chi connectivity index (χ0v) is 11.0. The van der Waals surface area contributed by atoms with Crippen molar-refractivity contribution >= 4 is 5.69 Å². The number of benzene rings is 1. The molecule has 1 N–H and O–H groups in total. The molecule has 1 aromatic rings. The van der Waals surface area contributed by atoms with Gasteiger partial charge in [0, 0.05) is 24.8 Å². The summed E-state index contributed by atoms with van der Waals surface area (Å²) in [5.41, 5.74) is 2.52. The Morgan fingerprint density at radius 2 is 1.81 bits per heavy atom. The van der Waals surface area contributed by atoms with E-state index in [1.165, 1.54) is 11.3 Å². The quantitative estimate of drug-likeness (QED) is 0.792. The predicted octanol–water partition coefficient (Wildman–Crippen LogP) is 3.14. The molecule has 0 radical (unpaired) electrons. The second-order valence-corrected chi connectivity index (χ2v) is 4.52. The molecule has 2 heteroatoms. The highest BCUT2D eigenvalue weighted by molar-refractivity contribution is 5.44. The molecule has 0 aromatic heterocycles. The van der Waals surface area contributed by atoms with Crippen LogP contribution in [0.3, 0.4) is 0 Å². The molecule has 0 amide bonds. The SMILES string of the molecule is CCN(CCNc1ccc(C)cc1)C(C)C. The van der Waals surface area contributed by atoms with Crippen molar-refractivity contribution in [3.8, 4) is 0 Å². The number of nitrogens with one attached hydrogen (secondary N) is 1. The lowest BCUT2D eigenvalue weighted by Gasteiger charge is -2.24. The monoisotopic (exact) mass is 220 g/mol. The largest absolute Gasteiger partial charge is 0.384 e. The third-order valence-corrected chi connectivity index (χ3v) is 2.92. The molecule has 90 valence electrons. The first-order valence-electron chi connectivity index (χ1n) is 6.18. The van der Waals surface area contributed by atoms with Crippen LogP contribution in [-0.2, 0) is 0 Å².